The number of aryl methyl sites for hydroxylation is 1. The lowest BCUT2D eigenvalue weighted by atomic mass is 10.1. The Morgan fingerprint density at radius 2 is 2.11 bits per heavy atom. The molecule has 1 heterocycles. The van der Waals surface area contributed by atoms with E-state index in [9.17, 15) is 4.79 Å². The Bertz CT molecular complexity index is 537. The van der Waals surface area contributed by atoms with E-state index in [1.807, 2.05) is 24.3 Å². The van der Waals surface area contributed by atoms with Crippen molar-refractivity contribution >= 4 is 17.7 Å². The molecular formula is C12H13N3O2S. The number of rotatable bonds is 5. The number of carboxylic acids is 1. The van der Waals surface area contributed by atoms with E-state index in [2.05, 4.69) is 17.1 Å². The van der Waals surface area contributed by atoms with E-state index in [0.717, 1.165) is 23.9 Å². The van der Waals surface area contributed by atoms with Crippen molar-refractivity contribution < 1.29 is 9.90 Å². The normalized spacial score (nSPS) is 10.5. The zero-order chi connectivity index (χ0) is 13.0. The number of aliphatic carboxylic acids is 1. The van der Waals surface area contributed by atoms with Crippen LogP contribution in [0, 0.1) is 0 Å². The van der Waals surface area contributed by atoms with Crippen LogP contribution in [-0.2, 0) is 11.2 Å². The van der Waals surface area contributed by atoms with Gasteiger partial charge in [-0.25, -0.2) is 0 Å². The van der Waals surface area contributed by atoms with Gasteiger partial charge in [-0.3, -0.25) is 9.36 Å². The maximum absolute atomic E-state index is 10.5. The summed E-state index contributed by atoms with van der Waals surface area (Å²) in [7, 11) is 0. The van der Waals surface area contributed by atoms with Crippen molar-refractivity contribution in [3.05, 3.63) is 36.2 Å². The van der Waals surface area contributed by atoms with Crippen molar-refractivity contribution in [3.63, 3.8) is 0 Å². The molecule has 1 aromatic carbocycles. The highest BCUT2D eigenvalue weighted by atomic mass is 32.2. The molecule has 6 heteroatoms. The van der Waals surface area contributed by atoms with Crippen LogP contribution >= 0.6 is 11.8 Å². The Balaban J connectivity index is 2.21. The SMILES string of the molecule is CCc1ccc(-n2cnnc2SCC(=O)O)cc1. The third-order valence-electron chi connectivity index (χ3n) is 2.46. The fourth-order valence-electron chi connectivity index (χ4n) is 1.52. The second-order valence-corrected chi connectivity index (χ2v) is 4.63. The number of nitrogens with zero attached hydrogens (tertiary/aromatic N) is 3. The van der Waals surface area contributed by atoms with Gasteiger partial charge in [-0.05, 0) is 24.1 Å². The fraction of sp³-hybridized carbons (Fsp3) is 0.250. The van der Waals surface area contributed by atoms with Crippen LogP contribution in [0.1, 0.15) is 12.5 Å². The summed E-state index contributed by atoms with van der Waals surface area (Å²) < 4.78 is 1.78. The predicted octanol–water partition coefficient (Wildman–Crippen LogP) is 2.01. The van der Waals surface area contributed by atoms with Gasteiger partial charge < -0.3 is 5.11 Å². The highest BCUT2D eigenvalue weighted by molar-refractivity contribution is 7.99. The summed E-state index contributed by atoms with van der Waals surface area (Å²) in [6, 6.07) is 8.04. The van der Waals surface area contributed by atoms with Crippen molar-refractivity contribution in [2.24, 2.45) is 0 Å². The van der Waals surface area contributed by atoms with Gasteiger partial charge in [0.1, 0.15) is 6.33 Å². The lowest BCUT2D eigenvalue weighted by Crippen LogP contribution is -2.01. The minimum Gasteiger partial charge on any atom is -0.481 e. The first-order valence-corrected chi connectivity index (χ1v) is 6.53. The van der Waals surface area contributed by atoms with Gasteiger partial charge in [-0.1, -0.05) is 30.8 Å². The molecule has 1 N–H and O–H groups in total. The molecule has 1 aromatic heterocycles. The van der Waals surface area contributed by atoms with E-state index in [1.54, 1.807) is 10.9 Å². The fourth-order valence-corrected chi connectivity index (χ4v) is 2.17. The van der Waals surface area contributed by atoms with Crippen LogP contribution in [0.3, 0.4) is 0 Å². The third-order valence-corrected chi connectivity index (χ3v) is 3.39. The molecular weight excluding hydrogens is 250 g/mol. The maximum Gasteiger partial charge on any atom is 0.313 e. The molecule has 2 rings (SSSR count). The van der Waals surface area contributed by atoms with Crippen LogP contribution in [0.4, 0.5) is 0 Å². The molecule has 0 aliphatic carbocycles. The van der Waals surface area contributed by atoms with E-state index in [0.29, 0.717) is 5.16 Å². The van der Waals surface area contributed by atoms with E-state index >= 15 is 0 Å². The number of carbonyl (C=O) groups is 1. The lowest BCUT2D eigenvalue weighted by molar-refractivity contribution is -0.133. The summed E-state index contributed by atoms with van der Waals surface area (Å²) >= 11 is 1.16. The second kappa shape index (κ2) is 5.68. The molecule has 5 nitrogen and oxygen atoms in total. The molecule has 18 heavy (non-hydrogen) atoms. The van der Waals surface area contributed by atoms with Crippen molar-refractivity contribution in [2.75, 3.05) is 5.75 Å². The highest BCUT2D eigenvalue weighted by Crippen LogP contribution is 2.19. The molecule has 0 fully saturated rings. The molecule has 94 valence electrons. The molecule has 0 saturated heterocycles. The molecule has 0 bridgehead atoms. The monoisotopic (exact) mass is 263 g/mol. The van der Waals surface area contributed by atoms with Crippen LogP contribution in [0.15, 0.2) is 35.7 Å². The van der Waals surface area contributed by atoms with Crippen LogP contribution in [0.5, 0.6) is 0 Å². The number of thioether (sulfide) groups is 1. The highest BCUT2D eigenvalue weighted by Gasteiger charge is 2.09. The van der Waals surface area contributed by atoms with Crippen molar-refractivity contribution in [1.29, 1.82) is 0 Å². The number of hydrogen-bond acceptors (Lipinski definition) is 4. The van der Waals surface area contributed by atoms with Gasteiger partial charge in [-0.2, -0.15) is 0 Å². The molecule has 0 radical (unpaired) electrons. The smallest absolute Gasteiger partial charge is 0.313 e. The number of aromatic nitrogens is 3. The number of benzene rings is 1. The van der Waals surface area contributed by atoms with Gasteiger partial charge in [0.05, 0.1) is 5.75 Å². The first-order valence-electron chi connectivity index (χ1n) is 5.54. The Labute approximate surface area is 109 Å². The molecule has 0 saturated carbocycles. The summed E-state index contributed by atoms with van der Waals surface area (Å²) in [6.07, 6.45) is 2.58. The van der Waals surface area contributed by atoms with Gasteiger partial charge in [0.15, 0.2) is 5.16 Å². The Morgan fingerprint density at radius 1 is 1.39 bits per heavy atom. The topological polar surface area (TPSA) is 68.0 Å². The molecule has 0 spiro atoms. The number of hydrogen-bond donors (Lipinski definition) is 1. The maximum atomic E-state index is 10.5. The van der Waals surface area contributed by atoms with Gasteiger partial charge >= 0.3 is 5.97 Å². The van der Waals surface area contributed by atoms with E-state index in [1.165, 1.54) is 5.56 Å². The molecule has 0 unspecified atom stereocenters. The Hall–Kier alpha value is -1.82. The van der Waals surface area contributed by atoms with E-state index in [-0.39, 0.29) is 5.75 Å². The van der Waals surface area contributed by atoms with Crippen molar-refractivity contribution in [3.8, 4) is 5.69 Å². The standard InChI is InChI=1S/C12H13N3O2S/c1-2-9-3-5-10(6-4-9)15-8-13-14-12(15)18-7-11(16)17/h3-6,8H,2,7H2,1H3,(H,16,17). The van der Waals surface area contributed by atoms with Gasteiger partial charge in [-0.15, -0.1) is 10.2 Å². The first kappa shape index (κ1) is 12.6. The van der Waals surface area contributed by atoms with Crippen molar-refractivity contribution in [1.82, 2.24) is 14.8 Å². The molecule has 0 amide bonds. The average molecular weight is 263 g/mol. The lowest BCUT2D eigenvalue weighted by Gasteiger charge is -2.06. The summed E-state index contributed by atoms with van der Waals surface area (Å²) in [6.45, 7) is 2.10. The second-order valence-electron chi connectivity index (χ2n) is 3.69. The Morgan fingerprint density at radius 3 is 2.72 bits per heavy atom. The molecule has 2 aromatic rings. The minimum absolute atomic E-state index is 0.0221. The summed E-state index contributed by atoms with van der Waals surface area (Å²) in [5.74, 6) is -0.887. The van der Waals surface area contributed by atoms with Gasteiger partial charge in [0.2, 0.25) is 0 Å². The zero-order valence-corrected chi connectivity index (χ0v) is 10.7. The van der Waals surface area contributed by atoms with Gasteiger partial charge in [0, 0.05) is 5.69 Å². The van der Waals surface area contributed by atoms with Crippen LogP contribution in [0.2, 0.25) is 0 Å². The van der Waals surface area contributed by atoms with E-state index in [4.69, 9.17) is 5.11 Å². The number of carboxylic acid groups (broad SMARTS) is 1. The Kier molecular flexibility index (Phi) is 3.99. The van der Waals surface area contributed by atoms with Crippen LogP contribution in [0.25, 0.3) is 5.69 Å². The summed E-state index contributed by atoms with van der Waals surface area (Å²) in [5.41, 5.74) is 2.19. The van der Waals surface area contributed by atoms with Gasteiger partial charge in [0.25, 0.3) is 0 Å². The summed E-state index contributed by atoms with van der Waals surface area (Å²) in [4.78, 5) is 10.5. The largest absolute Gasteiger partial charge is 0.481 e. The third kappa shape index (κ3) is 2.89. The quantitative estimate of drug-likeness (QED) is 0.836. The zero-order valence-electron chi connectivity index (χ0n) is 9.91. The minimum atomic E-state index is -0.865. The average Bonchev–Trinajstić information content (AvgIpc) is 2.85. The van der Waals surface area contributed by atoms with Crippen LogP contribution in [-0.4, -0.2) is 31.6 Å². The van der Waals surface area contributed by atoms with E-state index < -0.39 is 5.97 Å². The first-order chi connectivity index (χ1) is 8.70. The summed E-state index contributed by atoms with van der Waals surface area (Å²) in [5, 5.41) is 17.0. The molecule has 0 aliphatic heterocycles. The van der Waals surface area contributed by atoms with Crippen molar-refractivity contribution in [2.45, 2.75) is 18.5 Å². The predicted molar refractivity (Wildman–Crippen MR) is 69.1 cm³/mol. The van der Waals surface area contributed by atoms with Crippen LogP contribution < -0.4 is 0 Å². The molecule has 0 aliphatic rings. The molecule has 0 atom stereocenters.